The van der Waals surface area contributed by atoms with Gasteiger partial charge in [0, 0.05) is 31.4 Å². The van der Waals surface area contributed by atoms with Crippen molar-refractivity contribution in [2.45, 2.75) is 18.9 Å². The first-order valence-electron chi connectivity index (χ1n) is 6.83. The van der Waals surface area contributed by atoms with Crippen LogP contribution in [0.15, 0.2) is 18.2 Å². The summed E-state index contributed by atoms with van der Waals surface area (Å²) in [4.78, 5) is 16.3. The lowest BCUT2D eigenvalue weighted by Gasteiger charge is -2.39. The van der Waals surface area contributed by atoms with Crippen LogP contribution in [-0.2, 0) is 0 Å². The molecule has 1 aromatic rings. The van der Waals surface area contributed by atoms with Gasteiger partial charge in [0.1, 0.15) is 0 Å². The first-order chi connectivity index (χ1) is 9.15. The predicted molar refractivity (Wildman–Crippen MR) is 76.2 cm³/mol. The molecule has 2 aliphatic heterocycles. The average molecular weight is 260 g/mol. The van der Waals surface area contributed by atoms with Gasteiger partial charge in [-0.2, -0.15) is 0 Å². The van der Waals surface area contributed by atoms with E-state index >= 15 is 0 Å². The highest BCUT2D eigenvalue weighted by Gasteiger charge is 2.31. The van der Waals surface area contributed by atoms with Crippen LogP contribution in [0.1, 0.15) is 23.2 Å². The number of benzene rings is 1. The third-order valence-corrected chi connectivity index (χ3v) is 4.22. The van der Waals surface area contributed by atoms with E-state index in [1.165, 1.54) is 19.4 Å². The Morgan fingerprint density at radius 1 is 1.26 bits per heavy atom. The molecule has 5 heteroatoms. The second-order valence-corrected chi connectivity index (χ2v) is 5.42. The van der Waals surface area contributed by atoms with Crippen LogP contribution in [0.3, 0.4) is 0 Å². The van der Waals surface area contributed by atoms with Crippen LogP contribution in [0.4, 0.5) is 11.4 Å². The molecule has 0 radical (unpaired) electrons. The number of piperazine rings is 1. The zero-order valence-corrected chi connectivity index (χ0v) is 11.0. The normalized spacial score (nSPS) is 23.4. The van der Waals surface area contributed by atoms with Crippen molar-refractivity contribution in [3.05, 3.63) is 23.8 Å². The molecule has 2 aliphatic rings. The first kappa shape index (κ1) is 12.3. The molecule has 0 spiro atoms. The highest BCUT2D eigenvalue weighted by atomic mass is 16.1. The minimum atomic E-state index is -0.385. The molecule has 5 nitrogen and oxygen atoms in total. The molecule has 0 aromatic heterocycles. The van der Waals surface area contributed by atoms with Gasteiger partial charge >= 0.3 is 0 Å². The van der Waals surface area contributed by atoms with Crippen molar-refractivity contribution in [3.8, 4) is 0 Å². The number of hydrogen-bond acceptors (Lipinski definition) is 4. The number of nitrogens with two attached hydrogens (primary N) is 2. The topological polar surface area (TPSA) is 75.6 Å². The summed E-state index contributed by atoms with van der Waals surface area (Å²) in [7, 11) is 0. The van der Waals surface area contributed by atoms with Gasteiger partial charge in [-0.1, -0.05) is 0 Å². The Kier molecular flexibility index (Phi) is 3.06. The van der Waals surface area contributed by atoms with Crippen molar-refractivity contribution in [2.24, 2.45) is 5.73 Å². The average Bonchev–Trinajstić information content (AvgIpc) is 2.85. The molecule has 2 heterocycles. The highest BCUT2D eigenvalue weighted by Crippen LogP contribution is 2.29. The Hall–Kier alpha value is -1.75. The zero-order chi connectivity index (χ0) is 13.4. The van der Waals surface area contributed by atoms with E-state index in [-0.39, 0.29) is 5.91 Å². The Labute approximate surface area is 113 Å². The molecule has 1 aromatic carbocycles. The number of primary amides is 1. The number of rotatable bonds is 2. The number of fused-ring (bicyclic) bond motifs is 1. The Bertz CT molecular complexity index is 502. The number of anilines is 2. The van der Waals surface area contributed by atoms with Crippen LogP contribution in [-0.4, -0.2) is 43.0 Å². The maximum absolute atomic E-state index is 11.5. The predicted octanol–water partition coefficient (Wildman–Crippen LogP) is 0.652. The fraction of sp³-hybridized carbons (Fsp3) is 0.500. The van der Waals surface area contributed by atoms with E-state index in [0.29, 0.717) is 17.3 Å². The van der Waals surface area contributed by atoms with Crippen LogP contribution in [0.25, 0.3) is 0 Å². The summed E-state index contributed by atoms with van der Waals surface area (Å²) in [6, 6.07) is 5.93. The summed E-state index contributed by atoms with van der Waals surface area (Å²) in [6.07, 6.45) is 2.52. The smallest absolute Gasteiger partial charge is 0.250 e. The highest BCUT2D eigenvalue weighted by molar-refractivity contribution is 5.99. The molecule has 1 unspecified atom stereocenters. The van der Waals surface area contributed by atoms with Gasteiger partial charge in [0.15, 0.2) is 0 Å². The number of hydrogen-bond donors (Lipinski definition) is 2. The summed E-state index contributed by atoms with van der Waals surface area (Å²) in [6.45, 7) is 4.15. The molecule has 19 heavy (non-hydrogen) atoms. The molecular formula is C14H20N4O. The van der Waals surface area contributed by atoms with Gasteiger partial charge < -0.3 is 16.4 Å². The molecule has 2 fully saturated rings. The number of nitrogen functional groups attached to an aromatic ring is 1. The third-order valence-electron chi connectivity index (χ3n) is 4.22. The van der Waals surface area contributed by atoms with Gasteiger partial charge in [-0.15, -0.1) is 0 Å². The van der Waals surface area contributed by atoms with Crippen molar-refractivity contribution < 1.29 is 4.79 Å². The van der Waals surface area contributed by atoms with E-state index in [4.69, 9.17) is 11.5 Å². The van der Waals surface area contributed by atoms with E-state index in [1.54, 1.807) is 12.1 Å². The maximum Gasteiger partial charge on any atom is 0.250 e. The van der Waals surface area contributed by atoms with Gasteiger partial charge in [-0.25, -0.2) is 0 Å². The van der Waals surface area contributed by atoms with Crippen LogP contribution >= 0.6 is 0 Å². The van der Waals surface area contributed by atoms with Crippen molar-refractivity contribution in [2.75, 3.05) is 36.8 Å². The van der Waals surface area contributed by atoms with Crippen LogP contribution in [0.2, 0.25) is 0 Å². The third kappa shape index (κ3) is 2.26. The number of nitrogens with zero attached hydrogens (tertiary/aromatic N) is 2. The number of amides is 1. The van der Waals surface area contributed by atoms with Crippen molar-refractivity contribution in [3.63, 3.8) is 0 Å². The summed E-state index contributed by atoms with van der Waals surface area (Å²) in [5.74, 6) is -0.385. The summed E-state index contributed by atoms with van der Waals surface area (Å²) in [5, 5.41) is 0. The molecule has 102 valence electrons. The van der Waals surface area contributed by atoms with Crippen molar-refractivity contribution >= 4 is 17.3 Å². The maximum atomic E-state index is 11.5. The first-order valence-corrected chi connectivity index (χ1v) is 6.83. The molecule has 3 rings (SSSR count). The summed E-state index contributed by atoms with van der Waals surface area (Å²) >= 11 is 0. The Morgan fingerprint density at radius 3 is 2.89 bits per heavy atom. The van der Waals surface area contributed by atoms with Crippen LogP contribution in [0, 0.1) is 0 Å². The van der Waals surface area contributed by atoms with E-state index in [9.17, 15) is 4.79 Å². The fourth-order valence-corrected chi connectivity index (χ4v) is 3.23. The molecular weight excluding hydrogens is 240 g/mol. The largest absolute Gasteiger partial charge is 0.399 e. The SMILES string of the molecule is NC(=O)c1ccc(N)cc1N1CCN2CCCC2C1. The Balaban J connectivity index is 1.89. The lowest BCUT2D eigenvalue weighted by molar-refractivity contribution is 0.100. The molecule has 4 N–H and O–H groups in total. The lowest BCUT2D eigenvalue weighted by Crippen LogP contribution is -2.50. The fourth-order valence-electron chi connectivity index (χ4n) is 3.23. The van der Waals surface area contributed by atoms with Gasteiger partial charge in [-0.05, 0) is 37.6 Å². The van der Waals surface area contributed by atoms with E-state index in [2.05, 4.69) is 9.80 Å². The van der Waals surface area contributed by atoms with Crippen LogP contribution < -0.4 is 16.4 Å². The molecule has 0 aliphatic carbocycles. The minimum Gasteiger partial charge on any atom is -0.399 e. The molecule has 2 saturated heterocycles. The summed E-state index contributed by atoms with van der Waals surface area (Å²) < 4.78 is 0. The zero-order valence-electron chi connectivity index (χ0n) is 11.0. The van der Waals surface area contributed by atoms with Crippen molar-refractivity contribution in [1.29, 1.82) is 0 Å². The van der Waals surface area contributed by atoms with E-state index in [1.807, 2.05) is 6.07 Å². The standard InChI is InChI=1S/C14H20N4O/c15-10-3-4-12(14(16)19)13(8-10)18-7-6-17-5-1-2-11(17)9-18/h3-4,8,11H,1-2,5-7,9,15H2,(H2,16,19). The number of carbonyl (C=O) groups is 1. The van der Waals surface area contributed by atoms with Gasteiger partial charge in [0.25, 0.3) is 5.91 Å². The van der Waals surface area contributed by atoms with Gasteiger partial charge in [-0.3, -0.25) is 9.69 Å². The summed E-state index contributed by atoms with van der Waals surface area (Å²) in [5.41, 5.74) is 13.4. The molecule has 1 atom stereocenters. The molecule has 1 amide bonds. The molecule has 0 bridgehead atoms. The Morgan fingerprint density at radius 2 is 2.11 bits per heavy atom. The van der Waals surface area contributed by atoms with E-state index in [0.717, 1.165) is 25.3 Å². The second kappa shape index (κ2) is 4.74. The van der Waals surface area contributed by atoms with Crippen LogP contribution in [0.5, 0.6) is 0 Å². The monoisotopic (exact) mass is 260 g/mol. The minimum absolute atomic E-state index is 0.385. The quantitative estimate of drug-likeness (QED) is 0.766. The second-order valence-electron chi connectivity index (χ2n) is 5.42. The lowest BCUT2D eigenvalue weighted by atomic mass is 10.1. The number of carbonyl (C=O) groups excluding carboxylic acids is 1. The molecule has 0 saturated carbocycles. The van der Waals surface area contributed by atoms with Crippen molar-refractivity contribution in [1.82, 2.24) is 4.90 Å². The van der Waals surface area contributed by atoms with Gasteiger partial charge in [0.2, 0.25) is 0 Å². The van der Waals surface area contributed by atoms with Gasteiger partial charge in [0.05, 0.1) is 11.3 Å². The van der Waals surface area contributed by atoms with E-state index < -0.39 is 0 Å².